The van der Waals surface area contributed by atoms with Crippen LogP contribution in [0.15, 0.2) is 42.5 Å². The fourth-order valence-electron chi connectivity index (χ4n) is 1.96. The number of nitrogens with one attached hydrogen (secondary N) is 1. The fourth-order valence-corrected chi connectivity index (χ4v) is 1.96. The first-order valence-electron chi connectivity index (χ1n) is 6.83. The van der Waals surface area contributed by atoms with Crippen molar-refractivity contribution in [2.75, 3.05) is 17.7 Å². The SMILES string of the molecule is Cc1cc(N)ccc1NC(=O)COc1ccc(CC#N)cc1. The van der Waals surface area contributed by atoms with E-state index >= 15 is 0 Å². The molecule has 0 fully saturated rings. The van der Waals surface area contributed by atoms with Crippen molar-refractivity contribution in [1.29, 1.82) is 5.26 Å². The Hall–Kier alpha value is -3.00. The Morgan fingerprint density at radius 3 is 2.64 bits per heavy atom. The van der Waals surface area contributed by atoms with Crippen LogP contribution in [0.5, 0.6) is 5.75 Å². The third-order valence-electron chi connectivity index (χ3n) is 3.10. The molecule has 5 heteroatoms. The van der Waals surface area contributed by atoms with E-state index in [9.17, 15) is 4.79 Å². The zero-order valence-corrected chi connectivity index (χ0v) is 12.3. The van der Waals surface area contributed by atoms with Crippen LogP contribution in [0, 0.1) is 18.3 Å². The molecule has 1 amide bonds. The highest BCUT2D eigenvalue weighted by atomic mass is 16.5. The zero-order valence-electron chi connectivity index (χ0n) is 12.3. The largest absolute Gasteiger partial charge is 0.484 e. The molecule has 2 aromatic rings. The lowest BCUT2D eigenvalue weighted by Gasteiger charge is -2.10. The molecule has 0 aliphatic heterocycles. The van der Waals surface area contributed by atoms with Gasteiger partial charge in [0.25, 0.3) is 5.91 Å². The van der Waals surface area contributed by atoms with Gasteiger partial charge in [-0.25, -0.2) is 0 Å². The summed E-state index contributed by atoms with van der Waals surface area (Å²) < 4.78 is 5.42. The predicted octanol–water partition coefficient (Wildman–Crippen LogP) is 2.66. The first-order chi connectivity index (χ1) is 10.6. The van der Waals surface area contributed by atoms with Gasteiger partial charge in [0.1, 0.15) is 5.75 Å². The van der Waals surface area contributed by atoms with Crippen molar-refractivity contribution >= 4 is 17.3 Å². The number of anilines is 2. The highest BCUT2D eigenvalue weighted by Crippen LogP contribution is 2.18. The minimum Gasteiger partial charge on any atom is -0.484 e. The summed E-state index contributed by atoms with van der Waals surface area (Å²) in [6.07, 6.45) is 0.358. The lowest BCUT2D eigenvalue weighted by molar-refractivity contribution is -0.118. The molecule has 0 saturated heterocycles. The summed E-state index contributed by atoms with van der Waals surface area (Å²) in [5.41, 5.74) is 8.85. The Morgan fingerprint density at radius 2 is 2.00 bits per heavy atom. The number of nitrogens with zero attached hydrogens (tertiary/aromatic N) is 1. The van der Waals surface area contributed by atoms with Crippen molar-refractivity contribution in [2.24, 2.45) is 0 Å². The molecule has 22 heavy (non-hydrogen) atoms. The van der Waals surface area contributed by atoms with Crippen molar-refractivity contribution in [3.8, 4) is 11.8 Å². The summed E-state index contributed by atoms with van der Waals surface area (Å²) in [6.45, 7) is 1.79. The topological polar surface area (TPSA) is 88.1 Å². The van der Waals surface area contributed by atoms with E-state index in [0.717, 1.165) is 11.1 Å². The molecular formula is C17H17N3O2. The number of ether oxygens (including phenoxy) is 1. The first-order valence-corrected chi connectivity index (χ1v) is 6.83. The molecular weight excluding hydrogens is 278 g/mol. The number of amides is 1. The standard InChI is InChI=1S/C17H17N3O2/c1-12-10-14(19)4-7-16(12)20-17(21)11-22-15-5-2-13(3-6-15)8-9-18/h2-7,10H,8,11,19H2,1H3,(H,20,21). The maximum absolute atomic E-state index is 11.9. The Kier molecular flexibility index (Phi) is 4.99. The molecule has 112 valence electrons. The number of carbonyl (C=O) groups excluding carboxylic acids is 1. The van der Waals surface area contributed by atoms with Crippen molar-refractivity contribution in [3.63, 3.8) is 0 Å². The van der Waals surface area contributed by atoms with Crippen LogP contribution in [0.4, 0.5) is 11.4 Å². The van der Waals surface area contributed by atoms with E-state index in [4.69, 9.17) is 15.7 Å². The van der Waals surface area contributed by atoms with Gasteiger partial charge in [-0.2, -0.15) is 5.26 Å². The number of nitrogens with two attached hydrogens (primary N) is 1. The highest BCUT2D eigenvalue weighted by Gasteiger charge is 2.06. The van der Waals surface area contributed by atoms with Crippen LogP contribution in [0.1, 0.15) is 11.1 Å². The summed E-state index contributed by atoms with van der Waals surface area (Å²) in [4.78, 5) is 11.9. The van der Waals surface area contributed by atoms with Crippen LogP contribution in [0.3, 0.4) is 0 Å². The van der Waals surface area contributed by atoms with Gasteiger partial charge in [0, 0.05) is 11.4 Å². The summed E-state index contributed by atoms with van der Waals surface area (Å²) in [5.74, 6) is 0.347. The van der Waals surface area contributed by atoms with Crippen LogP contribution < -0.4 is 15.8 Å². The summed E-state index contributed by atoms with van der Waals surface area (Å²) >= 11 is 0. The van der Waals surface area contributed by atoms with Gasteiger partial charge < -0.3 is 15.8 Å². The van der Waals surface area contributed by atoms with Gasteiger partial charge in [-0.1, -0.05) is 12.1 Å². The third kappa shape index (κ3) is 4.25. The van der Waals surface area contributed by atoms with Crippen molar-refractivity contribution in [3.05, 3.63) is 53.6 Å². The quantitative estimate of drug-likeness (QED) is 0.830. The molecule has 0 heterocycles. The van der Waals surface area contributed by atoms with E-state index in [1.807, 2.05) is 6.92 Å². The van der Waals surface area contributed by atoms with E-state index in [-0.39, 0.29) is 12.5 Å². The minimum absolute atomic E-state index is 0.0819. The predicted molar refractivity (Wildman–Crippen MR) is 85.5 cm³/mol. The summed E-state index contributed by atoms with van der Waals surface area (Å²) in [6, 6.07) is 14.5. The second kappa shape index (κ2) is 7.14. The average molecular weight is 295 g/mol. The van der Waals surface area contributed by atoms with Crippen molar-refractivity contribution in [2.45, 2.75) is 13.3 Å². The van der Waals surface area contributed by atoms with Crippen molar-refractivity contribution < 1.29 is 9.53 Å². The molecule has 0 atom stereocenters. The maximum atomic E-state index is 11.9. The number of aryl methyl sites for hydroxylation is 1. The fraction of sp³-hybridized carbons (Fsp3) is 0.176. The van der Waals surface area contributed by atoms with Gasteiger partial charge >= 0.3 is 0 Å². The van der Waals surface area contributed by atoms with Crippen LogP contribution in [-0.2, 0) is 11.2 Å². The van der Waals surface area contributed by atoms with E-state index in [0.29, 0.717) is 23.5 Å². The van der Waals surface area contributed by atoms with Gasteiger partial charge in [-0.15, -0.1) is 0 Å². The molecule has 0 saturated carbocycles. The van der Waals surface area contributed by atoms with Gasteiger partial charge in [0.05, 0.1) is 12.5 Å². The van der Waals surface area contributed by atoms with Gasteiger partial charge in [-0.3, -0.25) is 4.79 Å². The van der Waals surface area contributed by atoms with E-state index in [2.05, 4.69) is 11.4 Å². The molecule has 2 rings (SSSR count). The lowest BCUT2D eigenvalue weighted by Crippen LogP contribution is -2.20. The highest BCUT2D eigenvalue weighted by molar-refractivity contribution is 5.92. The molecule has 0 radical (unpaired) electrons. The molecule has 0 aliphatic rings. The van der Waals surface area contributed by atoms with Crippen LogP contribution in [0.25, 0.3) is 0 Å². The average Bonchev–Trinajstić information content (AvgIpc) is 2.50. The number of carbonyl (C=O) groups is 1. The number of nitrogen functional groups attached to an aromatic ring is 1. The molecule has 2 aromatic carbocycles. The molecule has 0 spiro atoms. The Labute approximate surface area is 129 Å². The number of rotatable bonds is 5. The van der Waals surface area contributed by atoms with Gasteiger partial charge in [0.15, 0.2) is 6.61 Å². The lowest BCUT2D eigenvalue weighted by atomic mass is 10.2. The normalized spacial score (nSPS) is 9.82. The molecule has 0 aliphatic carbocycles. The molecule has 5 nitrogen and oxygen atoms in total. The summed E-state index contributed by atoms with van der Waals surface area (Å²) in [7, 11) is 0. The number of hydrogen-bond donors (Lipinski definition) is 2. The maximum Gasteiger partial charge on any atom is 0.262 e. The second-order valence-electron chi connectivity index (χ2n) is 4.89. The van der Waals surface area contributed by atoms with E-state index in [1.165, 1.54) is 0 Å². The first kappa shape index (κ1) is 15.4. The molecule has 0 aromatic heterocycles. The zero-order chi connectivity index (χ0) is 15.9. The number of nitriles is 1. The second-order valence-corrected chi connectivity index (χ2v) is 4.89. The Morgan fingerprint density at radius 1 is 1.27 bits per heavy atom. The molecule has 0 unspecified atom stereocenters. The van der Waals surface area contributed by atoms with Gasteiger partial charge in [0.2, 0.25) is 0 Å². The Balaban J connectivity index is 1.88. The van der Waals surface area contributed by atoms with E-state index < -0.39 is 0 Å². The molecule has 3 N–H and O–H groups in total. The monoisotopic (exact) mass is 295 g/mol. The van der Waals surface area contributed by atoms with Crippen LogP contribution >= 0.6 is 0 Å². The van der Waals surface area contributed by atoms with Gasteiger partial charge in [-0.05, 0) is 48.4 Å². The van der Waals surface area contributed by atoms with Crippen LogP contribution in [0.2, 0.25) is 0 Å². The van der Waals surface area contributed by atoms with Crippen molar-refractivity contribution in [1.82, 2.24) is 0 Å². The number of benzene rings is 2. The third-order valence-corrected chi connectivity index (χ3v) is 3.10. The van der Waals surface area contributed by atoms with E-state index in [1.54, 1.807) is 42.5 Å². The number of hydrogen-bond acceptors (Lipinski definition) is 4. The smallest absolute Gasteiger partial charge is 0.262 e. The summed E-state index contributed by atoms with van der Waals surface area (Å²) in [5, 5.41) is 11.4. The molecule has 0 bridgehead atoms. The Bertz CT molecular complexity index is 703. The minimum atomic E-state index is -0.242. The van der Waals surface area contributed by atoms with Crippen LogP contribution in [-0.4, -0.2) is 12.5 Å².